The van der Waals surface area contributed by atoms with Gasteiger partial charge in [-0.1, -0.05) is 12.1 Å². The lowest BCUT2D eigenvalue weighted by molar-refractivity contribution is -0.137. The maximum atomic E-state index is 13.0. The molecular weight excluding hydrogens is 461 g/mol. The van der Waals surface area contributed by atoms with Crippen LogP contribution in [-0.2, 0) is 6.18 Å². The fourth-order valence-electron chi connectivity index (χ4n) is 4.43. The van der Waals surface area contributed by atoms with Crippen molar-refractivity contribution in [3.8, 4) is 0 Å². The van der Waals surface area contributed by atoms with Crippen molar-refractivity contribution in [1.29, 1.82) is 0 Å². The molecule has 3 heterocycles. The Morgan fingerprint density at radius 3 is 2.71 bits per heavy atom. The van der Waals surface area contributed by atoms with E-state index < -0.39 is 17.8 Å². The molecule has 5 N–H and O–H groups in total. The van der Waals surface area contributed by atoms with Crippen LogP contribution in [0.5, 0.6) is 0 Å². The minimum Gasteiger partial charge on any atom is -0.402 e. The predicted octanol–water partition coefficient (Wildman–Crippen LogP) is 3.93. The zero-order chi connectivity index (χ0) is 24.7. The molecule has 0 saturated carbocycles. The number of hydrogen-bond donors (Lipinski definition) is 3. The van der Waals surface area contributed by atoms with Crippen LogP contribution in [0.2, 0.25) is 0 Å². The Morgan fingerprint density at radius 2 is 1.97 bits per heavy atom. The number of halogens is 3. The van der Waals surface area contributed by atoms with Gasteiger partial charge in [0.15, 0.2) is 5.65 Å². The van der Waals surface area contributed by atoms with Crippen LogP contribution in [0.4, 0.5) is 29.5 Å². The van der Waals surface area contributed by atoms with Gasteiger partial charge < -0.3 is 21.7 Å². The number of nitrogens with one attached hydrogen (secondary N) is 1. The van der Waals surface area contributed by atoms with Crippen LogP contribution < -0.4 is 16.8 Å². The van der Waals surface area contributed by atoms with E-state index in [-0.39, 0.29) is 11.7 Å². The highest BCUT2D eigenvalue weighted by molar-refractivity contribution is 5.96. The number of amides is 2. The monoisotopic (exact) mass is 484 g/mol. The smallest absolute Gasteiger partial charge is 0.402 e. The second-order valence-electron chi connectivity index (χ2n) is 8.58. The van der Waals surface area contributed by atoms with Crippen molar-refractivity contribution >= 4 is 34.1 Å². The van der Waals surface area contributed by atoms with E-state index in [1.165, 1.54) is 18.5 Å². The normalized spacial score (nSPS) is 18.5. The Labute approximate surface area is 198 Å². The number of hydrogen-bond acceptors (Lipinski definition) is 6. The molecule has 2 aliphatic rings. The first kappa shape index (κ1) is 22.7. The lowest BCUT2D eigenvalue weighted by Gasteiger charge is -2.18. The Bertz CT molecular complexity index is 1360. The SMILES string of the molecule is NC1=CC=C(c2nn([C@H]3CCN(C(=O)Nc4cccc(C(F)(F)F)c4)C3)c3ncnc(N)c23)CC1. The number of alkyl halides is 3. The Hall–Kier alpha value is -4.09. The lowest BCUT2D eigenvalue weighted by Crippen LogP contribution is -2.33. The summed E-state index contributed by atoms with van der Waals surface area (Å²) in [5.41, 5.74) is 14.4. The fourth-order valence-corrected chi connectivity index (χ4v) is 4.43. The standard InChI is InChI=1S/C23H23F3N8O/c24-23(25,26)14-2-1-3-16(10-14)31-22(35)33-9-8-17(11-33)34-21-18(20(28)29-12-30-21)19(32-34)13-4-6-15(27)7-5-13/h1-4,6,10,12,17H,5,7-9,11,27H2,(H,31,35)(H2,28,29,30)/t17-/m0/s1. The molecule has 1 saturated heterocycles. The molecule has 12 heteroatoms. The summed E-state index contributed by atoms with van der Waals surface area (Å²) in [6.45, 7) is 0.728. The number of anilines is 2. The van der Waals surface area contributed by atoms with Gasteiger partial charge in [0.05, 0.1) is 17.0 Å². The van der Waals surface area contributed by atoms with E-state index in [9.17, 15) is 18.0 Å². The number of rotatable bonds is 3. The number of benzene rings is 1. The summed E-state index contributed by atoms with van der Waals surface area (Å²) in [6, 6.07) is 3.90. The van der Waals surface area contributed by atoms with Crippen LogP contribution in [-0.4, -0.2) is 43.8 Å². The molecule has 1 aliphatic carbocycles. The third kappa shape index (κ3) is 4.38. The first-order valence-electron chi connectivity index (χ1n) is 11.1. The summed E-state index contributed by atoms with van der Waals surface area (Å²) in [5.74, 6) is 0.316. The molecular formula is C23H23F3N8O. The van der Waals surface area contributed by atoms with Crippen LogP contribution in [0.25, 0.3) is 16.6 Å². The van der Waals surface area contributed by atoms with E-state index in [1.807, 2.05) is 12.2 Å². The first-order valence-corrected chi connectivity index (χ1v) is 11.1. The fraction of sp³-hybridized carbons (Fsp3) is 0.304. The van der Waals surface area contributed by atoms with Gasteiger partial charge in [-0.05, 0) is 49.1 Å². The Balaban J connectivity index is 1.38. The molecule has 1 aromatic carbocycles. The van der Waals surface area contributed by atoms with Gasteiger partial charge in [-0.15, -0.1) is 0 Å². The maximum absolute atomic E-state index is 13.0. The maximum Gasteiger partial charge on any atom is 0.416 e. The van der Waals surface area contributed by atoms with E-state index in [2.05, 4.69) is 15.3 Å². The van der Waals surface area contributed by atoms with Gasteiger partial charge in [-0.25, -0.2) is 19.4 Å². The molecule has 2 amide bonds. The number of fused-ring (bicyclic) bond motifs is 1. The summed E-state index contributed by atoms with van der Waals surface area (Å²) in [5, 5.41) is 8.02. The van der Waals surface area contributed by atoms with Crippen molar-refractivity contribution in [2.45, 2.75) is 31.5 Å². The van der Waals surface area contributed by atoms with Crippen LogP contribution in [0, 0.1) is 0 Å². The third-order valence-corrected chi connectivity index (χ3v) is 6.24. The van der Waals surface area contributed by atoms with Crippen molar-refractivity contribution in [3.05, 3.63) is 59.7 Å². The van der Waals surface area contributed by atoms with Crippen molar-refractivity contribution in [3.63, 3.8) is 0 Å². The van der Waals surface area contributed by atoms with Crippen molar-refractivity contribution < 1.29 is 18.0 Å². The third-order valence-electron chi connectivity index (χ3n) is 6.24. The number of nitrogen functional groups attached to an aromatic ring is 1. The molecule has 0 unspecified atom stereocenters. The van der Waals surface area contributed by atoms with Crippen LogP contribution >= 0.6 is 0 Å². The van der Waals surface area contributed by atoms with Gasteiger partial charge in [-0.2, -0.15) is 18.3 Å². The van der Waals surface area contributed by atoms with E-state index >= 15 is 0 Å². The minimum atomic E-state index is -4.49. The molecule has 2 aromatic heterocycles. The molecule has 9 nitrogen and oxygen atoms in total. The van der Waals surface area contributed by atoms with Crippen molar-refractivity contribution in [1.82, 2.24) is 24.6 Å². The number of nitrogens with two attached hydrogens (primary N) is 2. The van der Waals surface area contributed by atoms with Gasteiger partial charge >= 0.3 is 12.2 Å². The zero-order valence-electron chi connectivity index (χ0n) is 18.6. The highest BCUT2D eigenvalue weighted by Crippen LogP contribution is 2.35. The molecule has 1 fully saturated rings. The lowest BCUT2D eigenvalue weighted by atomic mass is 9.99. The van der Waals surface area contributed by atoms with E-state index in [4.69, 9.17) is 16.6 Å². The van der Waals surface area contributed by atoms with E-state index in [1.54, 1.807) is 9.58 Å². The summed E-state index contributed by atoms with van der Waals surface area (Å²) < 4.78 is 40.7. The van der Waals surface area contributed by atoms with E-state index in [0.29, 0.717) is 54.9 Å². The number of carbonyl (C=O) groups is 1. The highest BCUT2D eigenvalue weighted by atomic mass is 19.4. The highest BCUT2D eigenvalue weighted by Gasteiger charge is 2.33. The number of likely N-dealkylation sites (tertiary alicyclic amines) is 1. The van der Waals surface area contributed by atoms with Gasteiger partial charge in [0.25, 0.3) is 0 Å². The molecule has 3 aromatic rings. The molecule has 0 bridgehead atoms. The number of aromatic nitrogens is 4. The summed E-state index contributed by atoms with van der Waals surface area (Å²) in [7, 11) is 0. The van der Waals surface area contributed by atoms with Crippen molar-refractivity contribution in [2.75, 3.05) is 24.1 Å². The number of urea groups is 1. The second kappa shape index (κ2) is 8.60. The number of carbonyl (C=O) groups excluding carboxylic acids is 1. The Kier molecular flexibility index (Phi) is 5.58. The summed E-state index contributed by atoms with van der Waals surface area (Å²) in [6.07, 6.45) is 2.67. The van der Waals surface area contributed by atoms with Crippen LogP contribution in [0.3, 0.4) is 0 Å². The average molecular weight is 484 g/mol. The minimum absolute atomic E-state index is 0.0807. The van der Waals surface area contributed by atoms with Crippen LogP contribution in [0.1, 0.15) is 36.6 Å². The number of nitrogens with zero attached hydrogens (tertiary/aromatic N) is 5. The van der Waals surface area contributed by atoms with Crippen LogP contribution in [0.15, 0.2) is 48.4 Å². The molecule has 182 valence electrons. The summed E-state index contributed by atoms with van der Waals surface area (Å²) in [4.78, 5) is 22.9. The predicted molar refractivity (Wildman–Crippen MR) is 125 cm³/mol. The average Bonchev–Trinajstić information content (AvgIpc) is 3.45. The first-order chi connectivity index (χ1) is 16.7. The quantitative estimate of drug-likeness (QED) is 0.517. The Morgan fingerprint density at radius 1 is 1.14 bits per heavy atom. The van der Waals surface area contributed by atoms with Crippen molar-refractivity contribution in [2.24, 2.45) is 5.73 Å². The molecule has 35 heavy (non-hydrogen) atoms. The summed E-state index contributed by atoms with van der Waals surface area (Å²) >= 11 is 0. The largest absolute Gasteiger partial charge is 0.416 e. The van der Waals surface area contributed by atoms with Gasteiger partial charge in [0.1, 0.15) is 17.8 Å². The van der Waals surface area contributed by atoms with Gasteiger partial charge in [0.2, 0.25) is 0 Å². The van der Waals surface area contributed by atoms with Gasteiger partial charge in [-0.3, -0.25) is 0 Å². The second-order valence-corrected chi connectivity index (χ2v) is 8.58. The molecule has 1 atom stereocenters. The molecule has 0 spiro atoms. The molecule has 1 aliphatic heterocycles. The topological polar surface area (TPSA) is 128 Å². The zero-order valence-corrected chi connectivity index (χ0v) is 18.6. The van der Waals surface area contributed by atoms with E-state index in [0.717, 1.165) is 23.4 Å². The molecule has 5 rings (SSSR count). The number of allylic oxidation sites excluding steroid dienone is 4. The van der Waals surface area contributed by atoms with Gasteiger partial charge in [0, 0.05) is 24.5 Å². The molecule has 0 radical (unpaired) electrons.